The number of nitriles is 1. The Morgan fingerprint density at radius 1 is 1.29 bits per heavy atom. The smallest absolute Gasteiger partial charge is 0.251 e. The van der Waals surface area contributed by atoms with Gasteiger partial charge in [0.25, 0.3) is 5.91 Å². The Morgan fingerprint density at radius 3 is 2.83 bits per heavy atom. The molecule has 0 aliphatic heterocycles. The molecular weight excluding hydrogens is 304 g/mol. The summed E-state index contributed by atoms with van der Waals surface area (Å²) in [5.74, 6) is 0.435. The fourth-order valence-electron chi connectivity index (χ4n) is 2.20. The van der Waals surface area contributed by atoms with Crippen molar-refractivity contribution in [2.24, 2.45) is 0 Å². The molecule has 1 unspecified atom stereocenters. The summed E-state index contributed by atoms with van der Waals surface area (Å²) in [7, 11) is 0. The van der Waals surface area contributed by atoms with Gasteiger partial charge in [-0.25, -0.2) is 0 Å². The molecule has 2 rings (SSSR count). The van der Waals surface area contributed by atoms with Crippen LogP contribution in [0, 0.1) is 11.3 Å². The van der Waals surface area contributed by atoms with Gasteiger partial charge >= 0.3 is 0 Å². The third-order valence-electron chi connectivity index (χ3n) is 3.50. The Morgan fingerprint density at radius 2 is 2.08 bits per heavy atom. The van der Waals surface area contributed by atoms with Crippen LogP contribution in [0.2, 0.25) is 0 Å². The Balaban J connectivity index is 1.99. The van der Waals surface area contributed by atoms with E-state index in [9.17, 15) is 4.79 Å². The third-order valence-corrected chi connectivity index (χ3v) is 3.50. The van der Waals surface area contributed by atoms with Gasteiger partial charge in [0.2, 0.25) is 0 Å². The van der Waals surface area contributed by atoms with Crippen LogP contribution in [0.4, 0.5) is 0 Å². The van der Waals surface area contributed by atoms with E-state index in [1.165, 1.54) is 0 Å². The number of nitrogens with zero attached hydrogens (tertiary/aromatic N) is 1. The number of aliphatic hydroxyl groups excluding tert-OH is 1. The molecule has 0 heterocycles. The monoisotopic (exact) mass is 324 g/mol. The Labute approximate surface area is 141 Å². The minimum absolute atomic E-state index is 0.0388. The standard InChI is InChI=1S/C19H20N2O3/c1-14(8-9-22)21-19(23)17-6-2-5-16(10-17)13-24-18-7-3-4-15(11-18)12-20/h2-7,10-11,14,22H,8-9,13H2,1H3,(H,21,23). The lowest BCUT2D eigenvalue weighted by Gasteiger charge is -2.13. The van der Waals surface area contributed by atoms with E-state index >= 15 is 0 Å². The zero-order valence-electron chi connectivity index (χ0n) is 13.5. The maximum absolute atomic E-state index is 12.2. The SMILES string of the molecule is CC(CCO)NC(=O)c1cccc(COc2cccc(C#N)c2)c1. The van der Waals surface area contributed by atoms with Crippen molar-refractivity contribution in [1.82, 2.24) is 5.32 Å². The zero-order valence-corrected chi connectivity index (χ0v) is 13.5. The first-order valence-electron chi connectivity index (χ1n) is 7.76. The van der Waals surface area contributed by atoms with Gasteiger partial charge in [-0.05, 0) is 49.2 Å². The molecule has 0 radical (unpaired) electrons. The number of amides is 1. The fraction of sp³-hybridized carbons (Fsp3) is 0.263. The summed E-state index contributed by atoms with van der Waals surface area (Å²) in [6.45, 7) is 2.20. The predicted molar refractivity (Wildman–Crippen MR) is 90.6 cm³/mol. The second-order valence-electron chi connectivity index (χ2n) is 5.52. The van der Waals surface area contributed by atoms with Crippen LogP contribution in [0.5, 0.6) is 5.75 Å². The minimum Gasteiger partial charge on any atom is -0.489 e. The van der Waals surface area contributed by atoms with E-state index < -0.39 is 0 Å². The molecule has 0 fully saturated rings. The molecule has 24 heavy (non-hydrogen) atoms. The van der Waals surface area contributed by atoms with Gasteiger partial charge in [-0.1, -0.05) is 18.2 Å². The predicted octanol–water partition coefficient (Wildman–Crippen LogP) is 2.64. The molecule has 5 nitrogen and oxygen atoms in total. The van der Waals surface area contributed by atoms with Gasteiger partial charge in [-0.2, -0.15) is 5.26 Å². The van der Waals surface area contributed by atoms with E-state index in [2.05, 4.69) is 11.4 Å². The van der Waals surface area contributed by atoms with Gasteiger partial charge in [0.05, 0.1) is 11.6 Å². The van der Waals surface area contributed by atoms with Gasteiger partial charge in [0, 0.05) is 18.2 Å². The largest absolute Gasteiger partial charge is 0.489 e. The van der Waals surface area contributed by atoms with Crippen LogP contribution in [0.3, 0.4) is 0 Å². The third kappa shape index (κ3) is 5.11. The summed E-state index contributed by atoms with van der Waals surface area (Å²) in [6, 6.07) is 16.1. The summed E-state index contributed by atoms with van der Waals surface area (Å²) >= 11 is 0. The second-order valence-corrected chi connectivity index (χ2v) is 5.52. The number of hydrogen-bond acceptors (Lipinski definition) is 4. The highest BCUT2D eigenvalue weighted by Gasteiger charge is 2.10. The summed E-state index contributed by atoms with van der Waals surface area (Å²) in [4.78, 5) is 12.2. The molecule has 124 valence electrons. The quantitative estimate of drug-likeness (QED) is 0.820. The number of carbonyl (C=O) groups excluding carboxylic acids is 1. The number of ether oxygens (including phenoxy) is 1. The molecule has 0 saturated heterocycles. The normalized spacial score (nSPS) is 11.4. The van der Waals surface area contributed by atoms with Crippen molar-refractivity contribution in [1.29, 1.82) is 5.26 Å². The van der Waals surface area contributed by atoms with Crippen molar-refractivity contribution in [2.75, 3.05) is 6.61 Å². The molecule has 5 heteroatoms. The Kier molecular flexibility index (Phi) is 6.35. The summed E-state index contributed by atoms with van der Waals surface area (Å²) < 4.78 is 5.67. The topological polar surface area (TPSA) is 82.3 Å². The van der Waals surface area contributed by atoms with E-state index in [1.54, 1.807) is 42.5 Å². The van der Waals surface area contributed by atoms with Crippen LogP contribution in [0.1, 0.15) is 34.8 Å². The lowest BCUT2D eigenvalue weighted by Crippen LogP contribution is -2.33. The highest BCUT2D eigenvalue weighted by molar-refractivity contribution is 5.94. The van der Waals surface area contributed by atoms with E-state index in [-0.39, 0.29) is 18.6 Å². The van der Waals surface area contributed by atoms with Crippen LogP contribution in [-0.4, -0.2) is 23.7 Å². The van der Waals surface area contributed by atoms with Crippen LogP contribution < -0.4 is 10.1 Å². The first-order chi connectivity index (χ1) is 11.6. The fourth-order valence-corrected chi connectivity index (χ4v) is 2.20. The number of benzene rings is 2. The molecule has 0 aromatic heterocycles. The first-order valence-corrected chi connectivity index (χ1v) is 7.76. The average molecular weight is 324 g/mol. The first kappa shape index (κ1) is 17.5. The number of carbonyl (C=O) groups is 1. The number of nitrogens with one attached hydrogen (secondary N) is 1. The molecule has 0 bridgehead atoms. The number of rotatable bonds is 7. The van der Waals surface area contributed by atoms with Crippen molar-refractivity contribution in [3.05, 3.63) is 65.2 Å². The summed E-state index contributed by atoms with van der Waals surface area (Å²) in [5, 5.41) is 20.6. The molecule has 0 aliphatic carbocycles. The maximum atomic E-state index is 12.2. The molecule has 2 aromatic rings. The Hall–Kier alpha value is -2.84. The van der Waals surface area contributed by atoms with E-state index in [4.69, 9.17) is 15.1 Å². The van der Waals surface area contributed by atoms with E-state index in [0.29, 0.717) is 29.9 Å². The second kappa shape index (κ2) is 8.70. The lowest BCUT2D eigenvalue weighted by molar-refractivity contribution is 0.0934. The highest BCUT2D eigenvalue weighted by atomic mass is 16.5. The van der Waals surface area contributed by atoms with Gasteiger partial charge in [-0.15, -0.1) is 0 Å². The van der Waals surface area contributed by atoms with E-state index in [1.807, 2.05) is 13.0 Å². The van der Waals surface area contributed by atoms with Gasteiger partial charge in [0.15, 0.2) is 0 Å². The summed E-state index contributed by atoms with van der Waals surface area (Å²) in [6.07, 6.45) is 0.518. The number of hydrogen-bond donors (Lipinski definition) is 2. The molecule has 1 atom stereocenters. The van der Waals surface area contributed by atoms with Crippen LogP contribution in [0.15, 0.2) is 48.5 Å². The van der Waals surface area contributed by atoms with Gasteiger partial charge in [-0.3, -0.25) is 4.79 Å². The van der Waals surface area contributed by atoms with Crippen molar-refractivity contribution in [3.63, 3.8) is 0 Å². The molecular formula is C19H20N2O3. The van der Waals surface area contributed by atoms with Crippen molar-refractivity contribution in [3.8, 4) is 11.8 Å². The van der Waals surface area contributed by atoms with Crippen molar-refractivity contribution >= 4 is 5.91 Å². The van der Waals surface area contributed by atoms with Crippen LogP contribution >= 0.6 is 0 Å². The molecule has 0 saturated carbocycles. The molecule has 2 N–H and O–H groups in total. The van der Waals surface area contributed by atoms with Crippen LogP contribution in [0.25, 0.3) is 0 Å². The highest BCUT2D eigenvalue weighted by Crippen LogP contribution is 2.15. The number of aliphatic hydroxyl groups is 1. The van der Waals surface area contributed by atoms with Gasteiger partial charge in [0.1, 0.15) is 12.4 Å². The average Bonchev–Trinajstić information content (AvgIpc) is 2.60. The van der Waals surface area contributed by atoms with Crippen LogP contribution in [-0.2, 0) is 6.61 Å². The maximum Gasteiger partial charge on any atom is 0.251 e. The molecule has 1 amide bonds. The molecule has 2 aromatic carbocycles. The van der Waals surface area contributed by atoms with Gasteiger partial charge < -0.3 is 15.2 Å². The Bertz CT molecular complexity index is 737. The molecule has 0 aliphatic rings. The lowest BCUT2D eigenvalue weighted by atomic mass is 10.1. The summed E-state index contributed by atoms with van der Waals surface area (Å²) in [5.41, 5.74) is 1.95. The van der Waals surface area contributed by atoms with Crippen molar-refractivity contribution < 1.29 is 14.6 Å². The minimum atomic E-state index is -0.177. The zero-order chi connectivity index (χ0) is 17.4. The molecule has 0 spiro atoms. The van der Waals surface area contributed by atoms with Crippen molar-refractivity contribution in [2.45, 2.75) is 26.0 Å². The van der Waals surface area contributed by atoms with E-state index in [0.717, 1.165) is 5.56 Å².